The highest BCUT2D eigenvalue weighted by atomic mass is 127. The number of nitrogens with zero attached hydrogens (tertiary/aromatic N) is 3. The summed E-state index contributed by atoms with van der Waals surface area (Å²) in [6.07, 6.45) is 6.13. The Labute approximate surface area is 172 Å². The van der Waals surface area contributed by atoms with E-state index in [4.69, 9.17) is 4.99 Å². The second-order valence-corrected chi connectivity index (χ2v) is 6.88. The molecule has 0 fully saturated rings. The van der Waals surface area contributed by atoms with Crippen LogP contribution in [0.1, 0.15) is 31.2 Å². The van der Waals surface area contributed by atoms with Crippen molar-refractivity contribution in [2.75, 3.05) is 26.7 Å². The molecule has 25 heavy (non-hydrogen) atoms. The number of aliphatic imine (C=N–C) groups is 1. The molecule has 0 saturated heterocycles. The topological polar surface area (TPSA) is 40.5 Å². The van der Waals surface area contributed by atoms with E-state index in [2.05, 4.69) is 54.0 Å². The number of aromatic nitrogens is 1. The van der Waals surface area contributed by atoms with Crippen LogP contribution in [-0.2, 0) is 6.42 Å². The Morgan fingerprint density at radius 1 is 1.36 bits per heavy atom. The zero-order valence-electron chi connectivity index (χ0n) is 15.2. The molecule has 0 atom stereocenters. The maximum atomic E-state index is 4.74. The van der Waals surface area contributed by atoms with Crippen LogP contribution in [0.3, 0.4) is 0 Å². The summed E-state index contributed by atoms with van der Waals surface area (Å²) >= 11 is 1.79. The number of unbranched alkanes of at least 4 members (excludes halogenated alkanes) is 1. The van der Waals surface area contributed by atoms with Crippen LogP contribution < -0.4 is 5.32 Å². The number of benzene rings is 1. The molecular weight excluding hydrogens is 443 g/mol. The minimum absolute atomic E-state index is 0. The lowest BCUT2D eigenvalue weighted by Crippen LogP contribution is -2.39. The fourth-order valence-corrected chi connectivity index (χ4v) is 3.50. The maximum absolute atomic E-state index is 4.74. The predicted octanol–water partition coefficient (Wildman–Crippen LogP) is 4.71. The van der Waals surface area contributed by atoms with Crippen molar-refractivity contribution in [1.82, 2.24) is 15.2 Å². The number of para-hydroxylation sites is 1. The van der Waals surface area contributed by atoms with E-state index in [1.165, 1.54) is 9.71 Å². The van der Waals surface area contributed by atoms with Gasteiger partial charge in [-0.3, -0.25) is 4.99 Å². The van der Waals surface area contributed by atoms with Crippen molar-refractivity contribution in [2.24, 2.45) is 4.99 Å². The molecule has 1 aromatic carbocycles. The average molecular weight is 472 g/mol. The van der Waals surface area contributed by atoms with Crippen molar-refractivity contribution in [3.05, 3.63) is 41.9 Å². The monoisotopic (exact) mass is 472 g/mol. The summed E-state index contributed by atoms with van der Waals surface area (Å²) in [7, 11) is 2.10. The molecule has 138 valence electrons. The summed E-state index contributed by atoms with van der Waals surface area (Å²) < 4.78 is 1.27. The molecule has 1 heterocycles. The molecule has 0 aliphatic heterocycles. The van der Waals surface area contributed by atoms with Gasteiger partial charge < -0.3 is 10.2 Å². The Hall–Kier alpha value is -1.15. The predicted molar refractivity (Wildman–Crippen MR) is 121 cm³/mol. The van der Waals surface area contributed by atoms with Crippen molar-refractivity contribution >= 4 is 51.5 Å². The quantitative estimate of drug-likeness (QED) is 0.189. The molecular formula is C19H29IN4S. The summed E-state index contributed by atoms with van der Waals surface area (Å²) in [4.78, 5) is 11.6. The lowest BCUT2D eigenvalue weighted by atomic mass is 10.3. The van der Waals surface area contributed by atoms with Gasteiger partial charge in [0.15, 0.2) is 5.96 Å². The zero-order valence-corrected chi connectivity index (χ0v) is 18.3. The lowest BCUT2D eigenvalue weighted by Gasteiger charge is -2.21. The van der Waals surface area contributed by atoms with Gasteiger partial charge in [-0.15, -0.1) is 41.9 Å². The molecule has 2 rings (SSSR count). The molecule has 0 aliphatic rings. The van der Waals surface area contributed by atoms with Crippen LogP contribution >= 0.6 is 35.3 Å². The van der Waals surface area contributed by atoms with E-state index in [0.29, 0.717) is 0 Å². The largest absolute Gasteiger partial charge is 0.357 e. The van der Waals surface area contributed by atoms with Crippen LogP contribution in [0.4, 0.5) is 0 Å². The van der Waals surface area contributed by atoms with Crippen LogP contribution in [0.15, 0.2) is 41.9 Å². The highest BCUT2D eigenvalue weighted by Crippen LogP contribution is 2.22. The molecule has 2 aromatic rings. The third-order valence-corrected chi connectivity index (χ3v) is 4.84. The van der Waals surface area contributed by atoms with Gasteiger partial charge in [0, 0.05) is 33.1 Å². The normalized spacial score (nSPS) is 11.2. The SMILES string of the molecule is C=CCCCN(C)C(=NCCCc1nc2ccccc2s1)NCC.I. The minimum Gasteiger partial charge on any atom is -0.357 e. The van der Waals surface area contributed by atoms with E-state index in [9.17, 15) is 0 Å². The van der Waals surface area contributed by atoms with Gasteiger partial charge in [-0.05, 0) is 38.3 Å². The number of halogens is 1. The van der Waals surface area contributed by atoms with Gasteiger partial charge in [-0.2, -0.15) is 0 Å². The second-order valence-electron chi connectivity index (χ2n) is 5.77. The van der Waals surface area contributed by atoms with Crippen molar-refractivity contribution in [1.29, 1.82) is 0 Å². The number of aryl methyl sites for hydroxylation is 1. The highest BCUT2D eigenvalue weighted by molar-refractivity contribution is 14.0. The molecule has 0 saturated carbocycles. The summed E-state index contributed by atoms with van der Waals surface area (Å²) in [5, 5.41) is 4.57. The average Bonchev–Trinajstić information content (AvgIpc) is 3.00. The first-order chi connectivity index (χ1) is 11.7. The Morgan fingerprint density at radius 3 is 2.88 bits per heavy atom. The fraction of sp³-hybridized carbons (Fsp3) is 0.474. The standard InChI is InChI=1S/C19H28N4S.HI/c1-4-6-9-15-23(3)19(20-5-2)21-14-10-13-18-22-16-11-7-8-12-17(16)24-18;/h4,7-8,11-12H,1,5-6,9-10,13-15H2,2-3H3,(H,20,21);1H. The number of rotatable bonds is 9. The number of thiazole rings is 1. The van der Waals surface area contributed by atoms with Crippen molar-refractivity contribution < 1.29 is 0 Å². The molecule has 0 amide bonds. The van der Waals surface area contributed by atoms with Crippen molar-refractivity contribution in [3.63, 3.8) is 0 Å². The van der Waals surface area contributed by atoms with Gasteiger partial charge in [-0.25, -0.2) is 4.98 Å². The minimum atomic E-state index is 0. The fourth-order valence-electron chi connectivity index (χ4n) is 2.49. The van der Waals surface area contributed by atoms with Gasteiger partial charge in [0.05, 0.1) is 15.2 Å². The maximum Gasteiger partial charge on any atom is 0.193 e. The molecule has 0 unspecified atom stereocenters. The molecule has 1 aromatic heterocycles. The van der Waals surface area contributed by atoms with Gasteiger partial charge in [0.1, 0.15) is 0 Å². The molecule has 0 aliphatic carbocycles. The van der Waals surface area contributed by atoms with Crippen molar-refractivity contribution in [3.8, 4) is 0 Å². The van der Waals surface area contributed by atoms with Crippen LogP contribution in [0.25, 0.3) is 10.2 Å². The van der Waals surface area contributed by atoms with E-state index >= 15 is 0 Å². The Balaban J connectivity index is 0.00000312. The van der Waals surface area contributed by atoms with Crippen LogP contribution in [0.5, 0.6) is 0 Å². The Kier molecular flexibility index (Phi) is 10.7. The summed E-state index contributed by atoms with van der Waals surface area (Å²) in [5.74, 6) is 0.992. The first-order valence-electron chi connectivity index (χ1n) is 8.69. The summed E-state index contributed by atoms with van der Waals surface area (Å²) in [5.41, 5.74) is 1.11. The van der Waals surface area contributed by atoms with E-state index in [0.717, 1.165) is 56.8 Å². The molecule has 0 bridgehead atoms. The smallest absolute Gasteiger partial charge is 0.193 e. The third-order valence-electron chi connectivity index (χ3n) is 3.75. The van der Waals surface area contributed by atoms with Crippen LogP contribution in [0, 0.1) is 0 Å². The van der Waals surface area contributed by atoms with E-state index in [1.54, 1.807) is 11.3 Å². The van der Waals surface area contributed by atoms with Crippen LogP contribution in [-0.4, -0.2) is 42.5 Å². The number of guanidine groups is 1. The van der Waals surface area contributed by atoms with Crippen molar-refractivity contribution in [2.45, 2.75) is 32.6 Å². The van der Waals surface area contributed by atoms with Gasteiger partial charge in [0.2, 0.25) is 0 Å². The number of allylic oxidation sites excluding steroid dienone is 1. The van der Waals surface area contributed by atoms with Crippen LogP contribution in [0.2, 0.25) is 0 Å². The first-order valence-corrected chi connectivity index (χ1v) is 9.51. The van der Waals surface area contributed by atoms with Gasteiger partial charge in [-0.1, -0.05) is 18.2 Å². The third kappa shape index (κ3) is 7.32. The van der Waals surface area contributed by atoms with Gasteiger partial charge >= 0.3 is 0 Å². The molecule has 6 heteroatoms. The van der Waals surface area contributed by atoms with Gasteiger partial charge in [0.25, 0.3) is 0 Å². The van der Waals surface area contributed by atoms with E-state index in [1.807, 2.05) is 12.1 Å². The summed E-state index contributed by atoms with van der Waals surface area (Å²) in [6, 6.07) is 8.33. The zero-order chi connectivity index (χ0) is 17.2. The number of hydrogen-bond donors (Lipinski definition) is 1. The number of hydrogen-bond acceptors (Lipinski definition) is 3. The number of nitrogens with one attached hydrogen (secondary N) is 1. The molecule has 4 nitrogen and oxygen atoms in total. The number of fused-ring (bicyclic) bond motifs is 1. The molecule has 1 N–H and O–H groups in total. The summed E-state index contributed by atoms with van der Waals surface area (Å²) in [6.45, 7) is 8.59. The molecule has 0 spiro atoms. The Morgan fingerprint density at radius 2 is 2.16 bits per heavy atom. The lowest BCUT2D eigenvalue weighted by molar-refractivity contribution is 0.470. The Bertz CT molecular complexity index is 635. The first kappa shape index (κ1) is 21.9. The van der Waals surface area contributed by atoms with E-state index in [-0.39, 0.29) is 24.0 Å². The highest BCUT2D eigenvalue weighted by Gasteiger charge is 2.05. The van der Waals surface area contributed by atoms with E-state index < -0.39 is 0 Å². The molecule has 0 radical (unpaired) electrons. The second kappa shape index (κ2) is 12.2.